The van der Waals surface area contributed by atoms with Crippen molar-refractivity contribution in [1.29, 1.82) is 0 Å². The van der Waals surface area contributed by atoms with Crippen LogP contribution in [0.5, 0.6) is 0 Å². The average molecular weight is 231 g/mol. The number of hydrogen-bond donors (Lipinski definition) is 1. The van der Waals surface area contributed by atoms with Gasteiger partial charge in [0.1, 0.15) is 0 Å². The molecule has 3 heteroatoms. The molecule has 17 heavy (non-hydrogen) atoms. The Balaban J connectivity index is 1.76. The number of rotatable bonds is 3. The quantitative estimate of drug-likeness (QED) is 0.866. The highest BCUT2D eigenvalue weighted by atomic mass is 16.4. The Bertz CT molecular complexity index is 428. The molecular weight excluding hydrogens is 214 g/mol. The van der Waals surface area contributed by atoms with Crippen molar-refractivity contribution in [2.45, 2.75) is 19.3 Å². The van der Waals surface area contributed by atoms with E-state index in [0.717, 1.165) is 30.5 Å². The van der Waals surface area contributed by atoms with Gasteiger partial charge in [-0.15, -0.1) is 0 Å². The van der Waals surface area contributed by atoms with Crippen molar-refractivity contribution in [2.24, 2.45) is 11.8 Å². The van der Waals surface area contributed by atoms with Crippen LogP contribution < -0.4 is 4.90 Å². The van der Waals surface area contributed by atoms with Crippen LogP contribution in [-0.2, 0) is 11.2 Å². The second-order valence-electron chi connectivity index (χ2n) is 5.35. The summed E-state index contributed by atoms with van der Waals surface area (Å²) in [5.74, 6) is 0.984. The van der Waals surface area contributed by atoms with Gasteiger partial charge >= 0.3 is 5.97 Å². The van der Waals surface area contributed by atoms with Crippen LogP contribution in [0.4, 0.5) is 5.69 Å². The number of carboxylic acids is 1. The highest BCUT2D eigenvalue weighted by Crippen LogP contribution is 2.41. The first-order chi connectivity index (χ1) is 8.20. The summed E-state index contributed by atoms with van der Waals surface area (Å²) in [7, 11) is 0. The predicted octanol–water partition coefficient (Wildman–Crippen LogP) is 2.16. The number of carbonyl (C=O) groups is 1. The molecule has 0 aromatic heterocycles. The molecule has 2 bridgehead atoms. The monoisotopic (exact) mass is 231 g/mol. The summed E-state index contributed by atoms with van der Waals surface area (Å²) in [5, 5.41) is 8.80. The van der Waals surface area contributed by atoms with E-state index in [-0.39, 0.29) is 6.42 Å². The first kappa shape index (κ1) is 10.6. The summed E-state index contributed by atoms with van der Waals surface area (Å²) < 4.78 is 0. The first-order valence-corrected chi connectivity index (χ1v) is 6.26. The number of fused-ring (bicyclic) bond motifs is 2. The fourth-order valence-electron chi connectivity index (χ4n) is 3.12. The maximum absolute atomic E-state index is 10.7. The van der Waals surface area contributed by atoms with Gasteiger partial charge < -0.3 is 10.0 Å². The van der Waals surface area contributed by atoms with E-state index in [1.807, 2.05) is 18.2 Å². The fraction of sp³-hybridized carbons (Fsp3) is 0.500. The molecule has 4 rings (SSSR count). The number of carboxylic acid groups (broad SMARTS) is 1. The molecule has 0 spiro atoms. The number of hydrogen-bond acceptors (Lipinski definition) is 2. The highest BCUT2D eigenvalue weighted by molar-refractivity contribution is 5.71. The van der Waals surface area contributed by atoms with Gasteiger partial charge in [0.05, 0.1) is 6.42 Å². The molecular formula is C14H17NO2. The minimum Gasteiger partial charge on any atom is -0.481 e. The Hall–Kier alpha value is -1.51. The van der Waals surface area contributed by atoms with Gasteiger partial charge in [-0.2, -0.15) is 0 Å². The lowest BCUT2D eigenvalue weighted by atomic mass is 9.71. The van der Waals surface area contributed by atoms with Gasteiger partial charge in [-0.05, 0) is 42.4 Å². The lowest BCUT2D eigenvalue weighted by Crippen LogP contribution is -2.48. The molecule has 1 aromatic carbocycles. The maximum Gasteiger partial charge on any atom is 0.307 e. The minimum atomic E-state index is -0.761. The molecule has 1 N–H and O–H groups in total. The van der Waals surface area contributed by atoms with E-state index in [0.29, 0.717) is 0 Å². The van der Waals surface area contributed by atoms with Crippen LogP contribution in [0.3, 0.4) is 0 Å². The zero-order valence-electron chi connectivity index (χ0n) is 9.80. The minimum absolute atomic E-state index is 0.120. The summed E-state index contributed by atoms with van der Waals surface area (Å²) in [4.78, 5) is 13.1. The molecule has 1 saturated carbocycles. The van der Waals surface area contributed by atoms with Crippen LogP contribution in [0, 0.1) is 11.8 Å². The third-order valence-electron chi connectivity index (χ3n) is 3.92. The molecule has 2 aliphatic heterocycles. The molecule has 0 atom stereocenters. The van der Waals surface area contributed by atoms with Crippen LogP contribution in [-0.4, -0.2) is 24.2 Å². The van der Waals surface area contributed by atoms with Crippen molar-refractivity contribution in [3.8, 4) is 0 Å². The molecule has 90 valence electrons. The largest absolute Gasteiger partial charge is 0.481 e. The van der Waals surface area contributed by atoms with E-state index in [9.17, 15) is 4.79 Å². The number of nitrogens with zero attached hydrogens (tertiary/aromatic N) is 1. The Morgan fingerprint density at radius 2 is 2.00 bits per heavy atom. The van der Waals surface area contributed by atoms with E-state index in [1.165, 1.54) is 18.5 Å². The van der Waals surface area contributed by atoms with E-state index in [2.05, 4.69) is 11.0 Å². The number of aliphatic carboxylic acids is 1. The predicted molar refractivity (Wildman–Crippen MR) is 66.2 cm³/mol. The molecule has 1 aliphatic carbocycles. The molecule has 3 nitrogen and oxygen atoms in total. The zero-order valence-corrected chi connectivity index (χ0v) is 9.80. The van der Waals surface area contributed by atoms with Crippen molar-refractivity contribution < 1.29 is 9.90 Å². The molecule has 0 amide bonds. The Labute approximate surface area is 101 Å². The summed E-state index contributed by atoms with van der Waals surface area (Å²) in [5.41, 5.74) is 2.09. The van der Waals surface area contributed by atoms with Crippen molar-refractivity contribution in [3.63, 3.8) is 0 Å². The zero-order chi connectivity index (χ0) is 11.8. The summed E-state index contributed by atoms with van der Waals surface area (Å²) >= 11 is 0. The van der Waals surface area contributed by atoms with Gasteiger partial charge in [0.15, 0.2) is 0 Å². The van der Waals surface area contributed by atoms with E-state index in [1.54, 1.807) is 0 Å². The normalized spacial score (nSPS) is 26.5. The number of piperidine rings is 2. The molecule has 0 radical (unpaired) electrons. The number of anilines is 1. The van der Waals surface area contributed by atoms with Crippen molar-refractivity contribution >= 4 is 11.7 Å². The number of benzene rings is 1. The van der Waals surface area contributed by atoms with Crippen LogP contribution in [0.25, 0.3) is 0 Å². The lowest BCUT2D eigenvalue weighted by molar-refractivity contribution is -0.136. The van der Waals surface area contributed by atoms with Gasteiger partial charge in [-0.1, -0.05) is 12.1 Å². The molecule has 2 saturated heterocycles. The van der Waals surface area contributed by atoms with Crippen LogP contribution in [0.2, 0.25) is 0 Å². The smallest absolute Gasteiger partial charge is 0.307 e. The van der Waals surface area contributed by atoms with Gasteiger partial charge in [0.2, 0.25) is 0 Å². The standard InChI is InChI=1S/C14H17NO2/c16-14(17)7-10-2-1-3-13(6-10)15-8-11-4-12(5-11)9-15/h1-3,6,11-12H,4-5,7-9H2,(H,16,17). The van der Waals surface area contributed by atoms with Crippen molar-refractivity contribution in [3.05, 3.63) is 29.8 Å². The first-order valence-electron chi connectivity index (χ1n) is 6.26. The van der Waals surface area contributed by atoms with Gasteiger partial charge in [0.25, 0.3) is 0 Å². The van der Waals surface area contributed by atoms with Crippen molar-refractivity contribution in [2.75, 3.05) is 18.0 Å². The Morgan fingerprint density at radius 3 is 2.65 bits per heavy atom. The third kappa shape index (κ3) is 2.14. The van der Waals surface area contributed by atoms with Crippen LogP contribution in [0.15, 0.2) is 24.3 Å². The average Bonchev–Trinajstić information content (AvgIpc) is 2.28. The SMILES string of the molecule is O=C(O)Cc1cccc(N2CC3CC(C3)C2)c1. The second kappa shape index (κ2) is 4.06. The summed E-state index contributed by atoms with van der Waals surface area (Å²) in [6.45, 7) is 2.29. The Kier molecular flexibility index (Phi) is 2.54. The van der Waals surface area contributed by atoms with Crippen LogP contribution in [0.1, 0.15) is 18.4 Å². The lowest BCUT2D eigenvalue weighted by Gasteiger charge is -2.48. The topological polar surface area (TPSA) is 40.5 Å². The third-order valence-corrected chi connectivity index (χ3v) is 3.92. The van der Waals surface area contributed by atoms with Gasteiger partial charge in [-0.3, -0.25) is 4.79 Å². The maximum atomic E-state index is 10.7. The molecule has 0 unspecified atom stereocenters. The van der Waals surface area contributed by atoms with Gasteiger partial charge in [-0.25, -0.2) is 0 Å². The fourth-order valence-corrected chi connectivity index (χ4v) is 3.12. The molecule has 2 heterocycles. The van der Waals surface area contributed by atoms with E-state index >= 15 is 0 Å². The van der Waals surface area contributed by atoms with Gasteiger partial charge in [0, 0.05) is 18.8 Å². The molecule has 3 fully saturated rings. The van der Waals surface area contributed by atoms with E-state index in [4.69, 9.17) is 5.11 Å². The van der Waals surface area contributed by atoms with E-state index < -0.39 is 5.97 Å². The molecule has 3 aliphatic rings. The van der Waals surface area contributed by atoms with Crippen molar-refractivity contribution in [1.82, 2.24) is 0 Å². The second-order valence-corrected chi connectivity index (χ2v) is 5.35. The Morgan fingerprint density at radius 1 is 1.29 bits per heavy atom. The molecule has 1 aromatic rings. The summed E-state index contributed by atoms with van der Waals surface area (Å²) in [6.07, 6.45) is 2.91. The van der Waals surface area contributed by atoms with Crippen LogP contribution >= 0.6 is 0 Å². The summed E-state index contributed by atoms with van der Waals surface area (Å²) in [6, 6.07) is 7.98. The highest BCUT2D eigenvalue weighted by Gasteiger charge is 2.36.